The Kier molecular flexibility index (Phi) is 5.47. The number of benzene rings is 1. The monoisotopic (exact) mass is 361 g/mol. The Morgan fingerprint density at radius 2 is 2.08 bits per heavy atom. The first-order valence-corrected chi connectivity index (χ1v) is 9.36. The maximum atomic E-state index is 12.4. The number of carbonyl (C=O) groups is 1. The molecule has 134 valence electrons. The number of nitrogens with zero attached hydrogens (tertiary/aromatic N) is 4. The van der Waals surface area contributed by atoms with E-state index in [1.54, 1.807) is 7.11 Å². The van der Waals surface area contributed by atoms with E-state index in [0.717, 1.165) is 30.7 Å². The number of rotatable bonds is 5. The average Bonchev–Trinajstić information content (AvgIpc) is 3.01. The van der Waals surface area contributed by atoms with Gasteiger partial charge in [-0.25, -0.2) is 4.68 Å². The average molecular weight is 361 g/mol. The van der Waals surface area contributed by atoms with Crippen molar-refractivity contribution in [1.29, 1.82) is 0 Å². The van der Waals surface area contributed by atoms with Gasteiger partial charge in [0.05, 0.1) is 12.9 Å². The molecule has 1 fully saturated rings. The standard InChI is InChI=1S/C17H23N5O2S/c1-12-5-3-4-10-21(12)15(23)11-25-17-20-19-16(22(17)18)13-6-8-14(24-2)9-7-13/h6-9,12H,3-5,10-11,18H2,1-2H3. The van der Waals surface area contributed by atoms with Crippen LogP contribution in [0.5, 0.6) is 5.75 Å². The van der Waals surface area contributed by atoms with E-state index in [-0.39, 0.29) is 5.91 Å². The quantitative estimate of drug-likeness (QED) is 0.649. The van der Waals surface area contributed by atoms with Crippen LogP contribution in [-0.2, 0) is 4.79 Å². The Balaban J connectivity index is 1.65. The Hall–Kier alpha value is -2.22. The lowest BCUT2D eigenvalue weighted by Crippen LogP contribution is -2.43. The first-order valence-electron chi connectivity index (χ1n) is 8.37. The molecule has 7 nitrogen and oxygen atoms in total. The molecule has 0 aliphatic carbocycles. The number of likely N-dealkylation sites (tertiary alicyclic amines) is 1. The maximum absolute atomic E-state index is 12.4. The zero-order valence-corrected chi connectivity index (χ0v) is 15.3. The number of methoxy groups -OCH3 is 1. The first-order chi connectivity index (χ1) is 12.1. The van der Waals surface area contributed by atoms with Crippen LogP contribution >= 0.6 is 11.8 Å². The number of amides is 1. The predicted molar refractivity (Wildman–Crippen MR) is 97.9 cm³/mol. The summed E-state index contributed by atoms with van der Waals surface area (Å²) in [6, 6.07) is 7.76. The third-order valence-electron chi connectivity index (χ3n) is 4.46. The van der Waals surface area contributed by atoms with E-state index < -0.39 is 0 Å². The number of nitrogens with two attached hydrogens (primary N) is 1. The van der Waals surface area contributed by atoms with Crippen LogP contribution in [0.2, 0.25) is 0 Å². The highest BCUT2D eigenvalue weighted by molar-refractivity contribution is 7.99. The van der Waals surface area contributed by atoms with Crippen molar-refractivity contribution in [3.8, 4) is 17.1 Å². The van der Waals surface area contributed by atoms with Crippen LogP contribution in [0.3, 0.4) is 0 Å². The minimum absolute atomic E-state index is 0.131. The van der Waals surface area contributed by atoms with Gasteiger partial charge in [-0.2, -0.15) is 0 Å². The van der Waals surface area contributed by atoms with Gasteiger partial charge < -0.3 is 15.5 Å². The highest BCUT2D eigenvalue weighted by atomic mass is 32.2. The second kappa shape index (κ2) is 7.77. The molecule has 0 radical (unpaired) electrons. The molecule has 2 heterocycles. The maximum Gasteiger partial charge on any atom is 0.233 e. The van der Waals surface area contributed by atoms with Crippen molar-refractivity contribution in [3.05, 3.63) is 24.3 Å². The molecular weight excluding hydrogens is 338 g/mol. The summed E-state index contributed by atoms with van der Waals surface area (Å²) in [5.74, 6) is 7.89. The van der Waals surface area contributed by atoms with Gasteiger partial charge in [-0.15, -0.1) is 10.2 Å². The molecule has 0 bridgehead atoms. The summed E-state index contributed by atoms with van der Waals surface area (Å²) in [6.45, 7) is 2.95. The number of thioether (sulfide) groups is 1. The lowest BCUT2D eigenvalue weighted by molar-refractivity contribution is -0.131. The normalized spacial score (nSPS) is 17.5. The molecule has 1 aromatic carbocycles. The Bertz CT molecular complexity index is 731. The number of nitrogen functional groups attached to an aromatic ring is 1. The van der Waals surface area contributed by atoms with Crippen LogP contribution in [0.4, 0.5) is 0 Å². The highest BCUT2D eigenvalue weighted by Crippen LogP contribution is 2.24. The van der Waals surface area contributed by atoms with Crippen molar-refractivity contribution in [2.45, 2.75) is 37.4 Å². The van der Waals surface area contributed by atoms with Crippen LogP contribution in [0.1, 0.15) is 26.2 Å². The third-order valence-corrected chi connectivity index (χ3v) is 5.39. The molecule has 1 unspecified atom stereocenters. The lowest BCUT2D eigenvalue weighted by Gasteiger charge is -2.33. The van der Waals surface area contributed by atoms with Gasteiger partial charge in [0, 0.05) is 18.2 Å². The van der Waals surface area contributed by atoms with Gasteiger partial charge >= 0.3 is 0 Å². The molecule has 1 amide bonds. The van der Waals surface area contributed by atoms with Crippen LogP contribution in [0.25, 0.3) is 11.4 Å². The van der Waals surface area contributed by atoms with Gasteiger partial charge in [-0.3, -0.25) is 4.79 Å². The summed E-state index contributed by atoms with van der Waals surface area (Å²) < 4.78 is 6.58. The van der Waals surface area contributed by atoms with Gasteiger partial charge in [0.15, 0.2) is 5.82 Å². The second-order valence-corrected chi connectivity index (χ2v) is 7.07. The van der Waals surface area contributed by atoms with E-state index in [1.807, 2.05) is 29.2 Å². The van der Waals surface area contributed by atoms with Gasteiger partial charge in [-0.1, -0.05) is 11.8 Å². The molecule has 2 N–H and O–H groups in total. The largest absolute Gasteiger partial charge is 0.497 e. The summed E-state index contributed by atoms with van der Waals surface area (Å²) >= 11 is 1.32. The van der Waals surface area contributed by atoms with Crippen LogP contribution in [0.15, 0.2) is 29.4 Å². The number of carbonyl (C=O) groups excluding carboxylic acids is 1. The second-order valence-electron chi connectivity index (χ2n) is 6.13. The van der Waals surface area contributed by atoms with Crippen molar-refractivity contribution in [3.63, 3.8) is 0 Å². The van der Waals surface area contributed by atoms with Crippen LogP contribution in [0, 0.1) is 0 Å². The smallest absolute Gasteiger partial charge is 0.233 e. The zero-order valence-electron chi connectivity index (χ0n) is 14.5. The molecule has 1 aliphatic heterocycles. The Morgan fingerprint density at radius 1 is 1.32 bits per heavy atom. The first kappa shape index (κ1) is 17.6. The third kappa shape index (κ3) is 3.89. The molecule has 2 aromatic rings. The summed E-state index contributed by atoms with van der Waals surface area (Å²) in [6.07, 6.45) is 3.35. The van der Waals surface area contributed by atoms with Crippen molar-refractivity contribution in [2.24, 2.45) is 0 Å². The van der Waals surface area contributed by atoms with E-state index in [1.165, 1.54) is 22.9 Å². The zero-order chi connectivity index (χ0) is 17.8. The fraction of sp³-hybridized carbons (Fsp3) is 0.471. The molecule has 0 saturated carbocycles. The summed E-state index contributed by atoms with van der Waals surface area (Å²) in [5.41, 5.74) is 0.846. The van der Waals surface area contributed by atoms with Crippen LogP contribution in [-0.4, -0.2) is 51.1 Å². The minimum Gasteiger partial charge on any atom is -0.497 e. The van der Waals surface area contributed by atoms with Crippen molar-refractivity contribution >= 4 is 17.7 Å². The summed E-state index contributed by atoms with van der Waals surface area (Å²) in [5, 5.41) is 8.80. The van der Waals surface area contributed by atoms with Crippen molar-refractivity contribution < 1.29 is 9.53 Å². The van der Waals surface area contributed by atoms with Gasteiger partial charge in [0.1, 0.15) is 5.75 Å². The van der Waals surface area contributed by atoms with Crippen molar-refractivity contribution in [2.75, 3.05) is 25.3 Å². The fourth-order valence-corrected chi connectivity index (χ4v) is 3.73. The van der Waals surface area contributed by atoms with E-state index in [4.69, 9.17) is 10.6 Å². The van der Waals surface area contributed by atoms with E-state index in [9.17, 15) is 4.79 Å². The molecule has 25 heavy (non-hydrogen) atoms. The summed E-state index contributed by atoms with van der Waals surface area (Å²) in [4.78, 5) is 14.4. The number of ether oxygens (including phenoxy) is 1. The van der Waals surface area contributed by atoms with E-state index in [0.29, 0.717) is 22.8 Å². The Morgan fingerprint density at radius 3 is 2.76 bits per heavy atom. The number of aromatic nitrogens is 3. The van der Waals surface area contributed by atoms with Gasteiger partial charge in [-0.05, 0) is 50.5 Å². The van der Waals surface area contributed by atoms with E-state index in [2.05, 4.69) is 17.1 Å². The number of hydrogen-bond donors (Lipinski definition) is 1. The number of piperidine rings is 1. The molecule has 3 rings (SSSR count). The number of hydrogen-bond acceptors (Lipinski definition) is 6. The molecular formula is C17H23N5O2S. The molecule has 1 saturated heterocycles. The molecule has 1 aromatic heterocycles. The van der Waals surface area contributed by atoms with Gasteiger partial charge in [0.25, 0.3) is 0 Å². The molecule has 8 heteroatoms. The highest BCUT2D eigenvalue weighted by Gasteiger charge is 2.24. The van der Waals surface area contributed by atoms with E-state index >= 15 is 0 Å². The molecule has 1 atom stereocenters. The SMILES string of the molecule is COc1ccc(-c2nnc(SCC(=O)N3CCCCC3C)n2N)cc1. The molecule has 1 aliphatic rings. The van der Waals surface area contributed by atoms with Crippen molar-refractivity contribution in [1.82, 2.24) is 19.8 Å². The minimum atomic E-state index is 0.131. The topological polar surface area (TPSA) is 86.3 Å². The lowest BCUT2D eigenvalue weighted by atomic mass is 10.0. The summed E-state index contributed by atoms with van der Waals surface area (Å²) in [7, 11) is 1.62. The fourth-order valence-electron chi connectivity index (χ4n) is 2.99. The van der Waals surface area contributed by atoms with Gasteiger partial charge in [0.2, 0.25) is 11.1 Å². The predicted octanol–water partition coefficient (Wildman–Crippen LogP) is 2.16. The van der Waals surface area contributed by atoms with Crippen LogP contribution < -0.4 is 10.6 Å². The Labute approximate surface area is 151 Å². The molecule has 0 spiro atoms.